The molecule has 2 N–H and O–H groups in total. The lowest BCUT2D eigenvalue weighted by Gasteiger charge is -2.37. The second-order valence-corrected chi connectivity index (χ2v) is 10.2. The Labute approximate surface area is 192 Å². The molecule has 6 nitrogen and oxygen atoms in total. The van der Waals surface area contributed by atoms with E-state index < -0.39 is 21.5 Å². The predicted octanol–water partition coefficient (Wildman–Crippen LogP) is 4.26. The molecule has 0 unspecified atom stereocenters. The van der Waals surface area contributed by atoms with Gasteiger partial charge in [-0.05, 0) is 54.8 Å². The molecule has 0 spiro atoms. The summed E-state index contributed by atoms with van der Waals surface area (Å²) in [6, 6.07) is 22.0. The van der Waals surface area contributed by atoms with Gasteiger partial charge in [-0.2, -0.15) is 4.31 Å². The van der Waals surface area contributed by atoms with Crippen molar-refractivity contribution in [3.05, 3.63) is 95.0 Å². The van der Waals surface area contributed by atoms with Crippen molar-refractivity contribution in [2.24, 2.45) is 0 Å². The molecule has 0 radical (unpaired) electrons. The van der Waals surface area contributed by atoms with Gasteiger partial charge in [-0.15, -0.1) is 0 Å². The zero-order valence-corrected chi connectivity index (χ0v) is 18.8. The lowest BCUT2D eigenvalue weighted by Crippen LogP contribution is -2.45. The summed E-state index contributed by atoms with van der Waals surface area (Å²) >= 11 is 5.95. The average molecular weight is 471 g/mol. The van der Waals surface area contributed by atoms with Gasteiger partial charge in [-0.1, -0.05) is 54.1 Å². The van der Waals surface area contributed by atoms with E-state index in [-0.39, 0.29) is 23.5 Å². The maximum Gasteiger partial charge on any atom is 0.255 e. The van der Waals surface area contributed by atoms with Crippen LogP contribution in [0.3, 0.4) is 0 Å². The minimum Gasteiger partial charge on any atom is -0.385 e. The molecule has 1 aliphatic rings. The topological polar surface area (TPSA) is 86.7 Å². The lowest BCUT2D eigenvalue weighted by molar-refractivity contribution is -0.00961. The molecular weight excluding hydrogens is 448 g/mol. The van der Waals surface area contributed by atoms with Crippen LogP contribution in [0.5, 0.6) is 0 Å². The summed E-state index contributed by atoms with van der Waals surface area (Å²) in [5.74, 6) is -0.429. The average Bonchev–Trinajstić information content (AvgIpc) is 2.80. The van der Waals surface area contributed by atoms with Crippen molar-refractivity contribution in [3.8, 4) is 0 Å². The summed E-state index contributed by atoms with van der Waals surface area (Å²) in [6.45, 7) is 0.374. The first-order valence-electron chi connectivity index (χ1n) is 10.2. The highest BCUT2D eigenvalue weighted by Crippen LogP contribution is 2.34. The Balaban J connectivity index is 1.49. The number of rotatable bonds is 5. The van der Waals surface area contributed by atoms with Gasteiger partial charge in [0, 0.05) is 29.4 Å². The zero-order chi connectivity index (χ0) is 22.8. The molecule has 0 atom stereocenters. The number of sulfonamides is 1. The minimum absolute atomic E-state index is 0.0430. The van der Waals surface area contributed by atoms with Gasteiger partial charge in [0.15, 0.2) is 0 Å². The van der Waals surface area contributed by atoms with E-state index in [1.807, 2.05) is 30.3 Å². The summed E-state index contributed by atoms with van der Waals surface area (Å²) in [7, 11) is -3.81. The van der Waals surface area contributed by atoms with Gasteiger partial charge in [0.05, 0.1) is 10.5 Å². The van der Waals surface area contributed by atoms with Crippen molar-refractivity contribution in [3.63, 3.8) is 0 Å². The molecule has 4 rings (SSSR count). The standard InChI is InChI=1S/C24H23ClN2O4S/c25-20-9-5-10-21(17-20)26-23(28)18-6-4-11-22(16-18)32(30,31)27-14-12-24(29,13-15-27)19-7-2-1-3-8-19/h1-11,16-17,29H,12-15H2,(H,26,28). The van der Waals surface area contributed by atoms with Gasteiger partial charge >= 0.3 is 0 Å². The van der Waals surface area contributed by atoms with Crippen LogP contribution in [0.15, 0.2) is 83.8 Å². The fourth-order valence-electron chi connectivity index (χ4n) is 3.85. The Morgan fingerprint density at radius 1 is 0.938 bits per heavy atom. The number of nitrogens with one attached hydrogen (secondary N) is 1. The van der Waals surface area contributed by atoms with E-state index in [0.29, 0.717) is 23.6 Å². The molecule has 1 saturated heterocycles. The van der Waals surface area contributed by atoms with Crippen LogP contribution in [0, 0.1) is 0 Å². The quantitative estimate of drug-likeness (QED) is 0.583. The molecule has 1 heterocycles. The predicted molar refractivity (Wildman–Crippen MR) is 124 cm³/mol. The molecule has 1 aliphatic heterocycles. The molecule has 3 aromatic rings. The molecule has 0 aromatic heterocycles. The zero-order valence-electron chi connectivity index (χ0n) is 17.2. The van der Waals surface area contributed by atoms with E-state index in [1.165, 1.54) is 16.4 Å². The van der Waals surface area contributed by atoms with Gasteiger partial charge in [0.25, 0.3) is 5.91 Å². The number of anilines is 1. The molecule has 8 heteroatoms. The number of carbonyl (C=O) groups excluding carboxylic acids is 1. The first-order chi connectivity index (χ1) is 15.3. The van der Waals surface area contributed by atoms with E-state index in [2.05, 4.69) is 5.32 Å². The number of piperidine rings is 1. The van der Waals surface area contributed by atoms with E-state index >= 15 is 0 Å². The van der Waals surface area contributed by atoms with Crippen molar-refractivity contribution in [2.75, 3.05) is 18.4 Å². The van der Waals surface area contributed by atoms with Crippen molar-refractivity contribution in [1.29, 1.82) is 0 Å². The summed E-state index contributed by atoms with van der Waals surface area (Å²) in [6.07, 6.45) is 0.594. The smallest absolute Gasteiger partial charge is 0.255 e. The number of nitrogens with zero attached hydrogens (tertiary/aromatic N) is 1. The van der Waals surface area contributed by atoms with E-state index in [1.54, 1.807) is 36.4 Å². The molecule has 1 fully saturated rings. The fraction of sp³-hybridized carbons (Fsp3) is 0.208. The van der Waals surface area contributed by atoms with Gasteiger partial charge < -0.3 is 10.4 Å². The highest BCUT2D eigenvalue weighted by molar-refractivity contribution is 7.89. The number of halogens is 1. The van der Waals surface area contributed by atoms with Crippen LogP contribution in [-0.4, -0.2) is 36.8 Å². The van der Waals surface area contributed by atoms with Crippen molar-refractivity contribution in [1.82, 2.24) is 4.31 Å². The van der Waals surface area contributed by atoms with Crippen LogP contribution in [0.4, 0.5) is 5.69 Å². The van der Waals surface area contributed by atoms with Crippen LogP contribution >= 0.6 is 11.6 Å². The number of benzene rings is 3. The monoisotopic (exact) mass is 470 g/mol. The summed E-state index contributed by atoms with van der Waals surface area (Å²) in [5.41, 5.74) is 0.485. The number of hydrogen-bond acceptors (Lipinski definition) is 4. The van der Waals surface area contributed by atoms with Crippen LogP contribution < -0.4 is 5.32 Å². The maximum atomic E-state index is 13.2. The van der Waals surface area contributed by atoms with Crippen LogP contribution in [0.1, 0.15) is 28.8 Å². The number of amides is 1. The van der Waals surface area contributed by atoms with Crippen molar-refractivity contribution in [2.45, 2.75) is 23.3 Å². The molecule has 1 amide bonds. The molecular formula is C24H23ClN2O4S. The lowest BCUT2D eigenvalue weighted by atomic mass is 9.85. The maximum absolute atomic E-state index is 13.2. The number of hydrogen-bond donors (Lipinski definition) is 2. The molecule has 32 heavy (non-hydrogen) atoms. The first-order valence-corrected chi connectivity index (χ1v) is 12.0. The molecule has 0 bridgehead atoms. The third-order valence-corrected chi connectivity index (χ3v) is 7.81. The summed E-state index contributed by atoms with van der Waals surface area (Å²) in [4.78, 5) is 12.7. The SMILES string of the molecule is O=C(Nc1cccc(Cl)c1)c1cccc(S(=O)(=O)N2CCC(O)(c3ccccc3)CC2)c1. The Morgan fingerprint density at radius 2 is 1.62 bits per heavy atom. The van der Waals surface area contributed by atoms with Crippen LogP contribution in [0.2, 0.25) is 5.02 Å². The Kier molecular flexibility index (Phi) is 6.35. The Bertz CT molecular complexity index is 1220. The highest BCUT2D eigenvalue weighted by atomic mass is 35.5. The second kappa shape index (κ2) is 9.03. The molecule has 3 aromatic carbocycles. The first kappa shape index (κ1) is 22.5. The van der Waals surface area contributed by atoms with E-state index in [4.69, 9.17) is 11.6 Å². The van der Waals surface area contributed by atoms with Crippen molar-refractivity contribution >= 4 is 33.2 Å². The van der Waals surface area contributed by atoms with E-state index in [0.717, 1.165) is 5.56 Å². The molecule has 0 saturated carbocycles. The summed E-state index contributed by atoms with van der Waals surface area (Å²) in [5, 5.41) is 14.2. The van der Waals surface area contributed by atoms with Crippen LogP contribution in [-0.2, 0) is 15.6 Å². The number of aliphatic hydroxyl groups is 1. The largest absolute Gasteiger partial charge is 0.385 e. The highest BCUT2D eigenvalue weighted by Gasteiger charge is 2.38. The Hall–Kier alpha value is -2.71. The Morgan fingerprint density at radius 3 is 2.31 bits per heavy atom. The van der Waals surface area contributed by atoms with Gasteiger partial charge in [0.1, 0.15) is 0 Å². The third-order valence-electron chi connectivity index (χ3n) is 5.68. The molecule has 166 valence electrons. The fourth-order valence-corrected chi connectivity index (χ4v) is 5.53. The molecule has 0 aliphatic carbocycles. The normalized spacial score (nSPS) is 16.4. The van der Waals surface area contributed by atoms with Gasteiger partial charge in [0.2, 0.25) is 10.0 Å². The number of carbonyl (C=O) groups is 1. The van der Waals surface area contributed by atoms with Crippen molar-refractivity contribution < 1.29 is 18.3 Å². The minimum atomic E-state index is -3.81. The third kappa shape index (κ3) is 4.71. The van der Waals surface area contributed by atoms with Gasteiger partial charge in [-0.25, -0.2) is 8.42 Å². The summed E-state index contributed by atoms with van der Waals surface area (Å²) < 4.78 is 27.8. The second-order valence-electron chi connectivity index (χ2n) is 7.79. The van der Waals surface area contributed by atoms with E-state index in [9.17, 15) is 18.3 Å². The van der Waals surface area contributed by atoms with Gasteiger partial charge in [-0.3, -0.25) is 4.79 Å². The van der Waals surface area contributed by atoms with Crippen LogP contribution in [0.25, 0.3) is 0 Å².